The number of likely N-dealkylation sites (tertiary alicyclic amines) is 1. The van der Waals surface area contributed by atoms with E-state index in [4.69, 9.17) is 5.11 Å². The van der Waals surface area contributed by atoms with E-state index in [1.54, 1.807) is 4.90 Å². The molecule has 1 amide bonds. The first-order valence-electron chi connectivity index (χ1n) is 9.56. The summed E-state index contributed by atoms with van der Waals surface area (Å²) < 4.78 is 0. The number of fused-ring (bicyclic) bond motifs is 2. The van der Waals surface area contributed by atoms with E-state index in [1.165, 1.54) is 18.4 Å². The summed E-state index contributed by atoms with van der Waals surface area (Å²) in [6.45, 7) is 4.37. The molecule has 27 heavy (non-hydrogen) atoms. The Morgan fingerprint density at radius 3 is 2.59 bits per heavy atom. The molecule has 4 rings (SSSR count). The predicted octanol–water partition coefficient (Wildman–Crippen LogP) is 3.83. The van der Waals surface area contributed by atoms with Crippen molar-refractivity contribution in [3.8, 4) is 11.1 Å². The molecule has 1 saturated heterocycles. The lowest BCUT2D eigenvalue weighted by Gasteiger charge is -2.39. The maximum absolute atomic E-state index is 12.5. The van der Waals surface area contributed by atoms with Crippen LogP contribution < -0.4 is 4.90 Å². The minimum atomic E-state index is -1.09. The molecule has 1 N–H and O–H groups in total. The SMILES string of the molecule is C[C@@H]1CCCN1CCc1c2ccc(-c3ccccc3)c1N2C(=O)CC(=O)O. The monoisotopic (exact) mass is 364 g/mol. The molecule has 0 aliphatic carbocycles. The summed E-state index contributed by atoms with van der Waals surface area (Å²) in [6.07, 6.45) is 2.88. The number of aliphatic carboxylic acids is 1. The molecular weight excluding hydrogens is 340 g/mol. The van der Waals surface area contributed by atoms with E-state index in [-0.39, 0.29) is 5.91 Å². The molecule has 0 unspecified atom stereocenters. The summed E-state index contributed by atoms with van der Waals surface area (Å²) >= 11 is 0. The normalized spacial score (nSPS) is 18.4. The number of amides is 1. The van der Waals surface area contributed by atoms with Gasteiger partial charge in [0.05, 0.1) is 11.4 Å². The van der Waals surface area contributed by atoms with Crippen molar-refractivity contribution in [3.05, 3.63) is 48.0 Å². The van der Waals surface area contributed by atoms with Crippen molar-refractivity contribution in [1.82, 2.24) is 4.90 Å². The van der Waals surface area contributed by atoms with Crippen LogP contribution in [0, 0.1) is 0 Å². The van der Waals surface area contributed by atoms with Gasteiger partial charge in [-0.2, -0.15) is 0 Å². The zero-order valence-electron chi connectivity index (χ0n) is 15.5. The molecular formula is C22H24N2O3. The van der Waals surface area contributed by atoms with Gasteiger partial charge in [-0.3, -0.25) is 14.5 Å². The summed E-state index contributed by atoms with van der Waals surface area (Å²) in [4.78, 5) is 27.6. The highest BCUT2D eigenvalue weighted by molar-refractivity contribution is 6.16. The van der Waals surface area contributed by atoms with Gasteiger partial charge >= 0.3 is 5.97 Å². The number of rotatable bonds is 6. The number of nitrogens with zero attached hydrogens (tertiary/aromatic N) is 2. The lowest BCUT2D eigenvalue weighted by molar-refractivity contribution is -0.139. The van der Waals surface area contributed by atoms with Crippen LogP contribution in [0.3, 0.4) is 0 Å². The van der Waals surface area contributed by atoms with Gasteiger partial charge < -0.3 is 10.0 Å². The standard InChI is InChI=1S/C22H24N2O3/c1-15-6-5-12-23(15)13-11-18-19-10-9-17(16-7-3-2-4-8-16)22(18)24(19)20(25)14-21(26)27/h2-4,7-10,15H,5-6,11-14H2,1H3,(H,26,27)/t15-/m1/s1. The van der Waals surface area contributed by atoms with E-state index in [0.29, 0.717) is 6.04 Å². The minimum absolute atomic E-state index is 0.372. The van der Waals surface area contributed by atoms with Crippen LogP contribution in [-0.2, 0) is 16.0 Å². The van der Waals surface area contributed by atoms with Crippen LogP contribution in [0.2, 0.25) is 0 Å². The van der Waals surface area contributed by atoms with E-state index in [0.717, 1.165) is 42.0 Å². The Hall–Kier alpha value is -2.66. The molecule has 0 radical (unpaired) electrons. The van der Waals surface area contributed by atoms with Crippen LogP contribution in [0.5, 0.6) is 0 Å². The molecule has 2 heterocycles. The maximum atomic E-state index is 12.5. The Balaban J connectivity index is 1.65. The molecule has 2 bridgehead atoms. The Kier molecular flexibility index (Phi) is 4.70. The highest BCUT2D eigenvalue weighted by Crippen LogP contribution is 2.51. The Morgan fingerprint density at radius 2 is 1.93 bits per heavy atom. The van der Waals surface area contributed by atoms with Crippen LogP contribution >= 0.6 is 0 Å². The summed E-state index contributed by atoms with van der Waals surface area (Å²) in [7, 11) is 0. The Morgan fingerprint density at radius 1 is 1.15 bits per heavy atom. The largest absolute Gasteiger partial charge is 0.481 e. The first-order chi connectivity index (χ1) is 13.1. The molecule has 140 valence electrons. The van der Waals surface area contributed by atoms with Gasteiger partial charge in [-0.25, -0.2) is 0 Å². The molecule has 0 aromatic heterocycles. The molecule has 2 aliphatic rings. The van der Waals surface area contributed by atoms with Gasteiger partial charge in [-0.1, -0.05) is 36.4 Å². The van der Waals surface area contributed by atoms with E-state index >= 15 is 0 Å². The van der Waals surface area contributed by atoms with Crippen molar-refractivity contribution in [1.29, 1.82) is 0 Å². The summed E-state index contributed by atoms with van der Waals surface area (Å²) in [5.41, 5.74) is 4.96. The first kappa shape index (κ1) is 17.7. The second-order valence-corrected chi connectivity index (χ2v) is 7.40. The van der Waals surface area contributed by atoms with Crippen LogP contribution in [0.25, 0.3) is 11.1 Å². The predicted molar refractivity (Wildman–Crippen MR) is 105 cm³/mol. The van der Waals surface area contributed by atoms with Crippen LogP contribution in [0.1, 0.15) is 31.7 Å². The fourth-order valence-electron chi connectivity index (χ4n) is 4.30. The Bertz CT molecular complexity index is 879. The van der Waals surface area contributed by atoms with Gasteiger partial charge in [0.25, 0.3) is 0 Å². The number of carboxylic acids is 1. The number of anilines is 2. The summed E-state index contributed by atoms with van der Waals surface area (Å²) in [5.74, 6) is -1.47. The average molecular weight is 364 g/mol. The topological polar surface area (TPSA) is 60.9 Å². The van der Waals surface area contributed by atoms with Crippen molar-refractivity contribution < 1.29 is 14.7 Å². The minimum Gasteiger partial charge on any atom is -0.481 e. The third kappa shape index (κ3) is 3.23. The lowest BCUT2D eigenvalue weighted by Crippen LogP contribution is -2.37. The maximum Gasteiger partial charge on any atom is 0.312 e. The summed E-state index contributed by atoms with van der Waals surface area (Å²) in [5, 5.41) is 9.04. The second kappa shape index (κ2) is 7.16. The fourth-order valence-corrected chi connectivity index (χ4v) is 4.30. The van der Waals surface area contributed by atoms with Gasteiger partial charge in [0.1, 0.15) is 6.42 Å². The number of hydrogen-bond acceptors (Lipinski definition) is 3. The van der Waals surface area contributed by atoms with E-state index in [1.807, 2.05) is 42.5 Å². The number of carboxylic acid groups (broad SMARTS) is 1. The number of carbonyl (C=O) groups excluding carboxylic acids is 1. The highest BCUT2D eigenvalue weighted by atomic mass is 16.4. The van der Waals surface area contributed by atoms with E-state index in [9.17, 15) is 9.59 Å². The van der Waals surface area contributed by atoms with Crippen molar-refractivity contribution >= 4 is 23.3 Å². The molecule has 5 nitrogen and oxygen atoms in total. The zero-order chi connectivity index (χ0) is 19.0. The summed E-state index contributed by atoms with van der Waals surface area (Å²) in [6, 6.07) is 14.6. The van der Waals surface area contributed by atoms with Crippen LogP contribution in [-0.4, -0.2) is 41.0 Å². The molecule has 5 heteroatoms. The first-order valence-corrected chi connectivity index (χ1v) is 9.56. The van der Waals surface area contributed by atoms with Crippen molar-refractivity contribution in [2.75, 3.05) is 18.0 Å². The van der Waals surface area contributed by atoms with Gasteiger partial charge in [-0.15, -0.1) is 0 Å². The number of hydrogen-bond donors (Lipinski definition) is 1. The van der Waals surface area contributed by atoms with Gasteiger partial charge in [0, 0.05) is 23.7 Å². The van der Waals surface area contributed by atoms with Crippen LogP contribution in [0.15, 0.2) is 42.5 Å². The van der Waals surface area contributed by atoms with E-state index in [2.05, 4.69) is 11.8 Å². The molecule has 1 atom stereocenters. The fraction of sp³-hybridized carbons (Fsp3) is 0.364. The van der Waals surface area contributed by atoms with Crippen molar-refractivity contribution in [2.45, 2.75) is 38.6 Å². The van der Waals surface area contributed by atoms with Gasteiger partial charge in [0.2, 0.25) is 5.91 Å². The van der Waals surface area contributed by atoms with Crippen molar-refractivity contribution in [3.63, 3.8) is 0 Å². The molecule has 2 aromatic rings. The third-order valence-corrected chi connectivity index (χ3v) is 5.70. The molecule has 2 aliphatic heterocycles. The van der Waals surface area contributed by atoms with Gasteiger partial charge in [0.15, 0.2) is 0 Å². The smallest absolute Gasteiger partial charge is 0.312 e. The van der Waals surface area contributed by atoms with Crippen LogP contribution in [0.4, 0.5) is 11.4 Å². The average Bonchev–Trinajstić information content (AvgIpc) is 3.06. The van der Waals surface area contributed by atoms with Gasteiger partial charge in [-0.05, 0) is 44.4 Å². The quantitative estimate of drug-likeness (QED) is 0.792. The van der Waals surface area contributed by atoms with Crippen molar-refractivity contribution in [2.24, 2.45) is 0 Å². The molecule has 1 fully saturated rings. The molecule has 2 aromatic carbocycles. The Labute approximate surface area is 159 Å². The molecule has 0 spiro atoms. The molecule has 0 saturated carbocycles. The van der Waals surface area contributed by atoms with E-state index < -0.39 is 12.4 Å². The third-order valence-electron chi connectivity index (χ3n) is 5.70. The lowest BCUT2D eigenvalue weighted by atomic mass is 9.88. The zero-order valence-corrected chi connectivity index (χ0v) is 15.5. The highest BCUT2D eigenvalue weighted by Gasteiger charge is 2.36. The number of benzene rings is 2. The second-order valence-electron chi connectivity index (χ2n) is 7.40. The number of carbonyl (C=O) groups is 2.